The number of amidine groups is 1. The zero-order valence-corrected chi connectivity index (χ0v) is 10.9. The predicted molar refractivity (Wildman–Crippen MR) is 68.4 cm³/mol. The number of carbonyl (C=O) groups excluding carboxylic acids is 1. The van der Waals surface area contributed by atoms with Crippen LogP contribution < -0.4 is 5.73 Å². The Kier molecular flexibility index (Phi) is 5.23. The van der Waals surface area contributed by atoms with Gasteiger partial charge in [0, 0.05) is 19.0 Å². The summed E-state index contributed by atoms with van der Waals surface area (Å²) in [7, 11) is 0. The lowest BCUT2D eigenvalue weighted by molar-refractivity contribution is 0.0705. The van der Waals surface area contributed by atoms with Gasteiger partial charge in [0.1, 0.15) is 17.3 Å². The van der Waals surface area contributed by atoms with Crippen molar-refractivity contribution in [2.24, 2.45) is 10.9 Å². The maximum absolute atomic E-state index is 12.8. The number of hydrogen-bond donors (Lipinski definition) is 2. The van der Waals surface area contributed by atoms with Crippen molar-refractivity contribution in [3.63, 3.8) is 0 Å². The minimum atomic E-state index is -0.496. The van der Waals surface area contributed by atoms with Crippen molar-refractivity contribution in [1.82, 2.24) is 9.88 Å². The van der Waals surface area contributed by atoms with Crippen LogP contribution in [0.15, 0.2) is 23.5 Å². The molecule has 0 fully saturated rings. The number of rotatable bonds is 5. The third kappa shape index (κ3) is 4.20. The number of nitrogens with zero attached hydrogens (tertiary/aromatic N) is 3. The van der Waals surface area contributed by atoms with Gasteiger partial charge < -0.3 is 15.8 Å². The highest BCUT2D eigenvalue weighted by Gasteiger charge is 2.20. The molecule has 3 N–H and O–H groups in total. The van der Waals surface area contributed by atoms with E-state index < -0.39 is 5.82 Å². The standard InChI is InChI=1S/C12H17FN4O2/c1-8(2)17(6-5-11(14)16-19)12(18)10-4-3-9(13)7-15-10/h3-4,7-8,19H,5-6H2,1-2H3,(H2,14,16). The van der Waals surface area contributed by atoms with Gasteiger partial charge in [-0.3, -0.25) is 4.79 Å². The molecule has 0 atom stereocenters. The molecule has 104 valence electrons. The Bertz CT molecular complexity index is 459. The van der Waals surface area contributed by atoms with Crippen molar-refractivity contribution in [2.45, 2.75) is 26.3 Å². The molecule has 0 radical (unpaired) electrons. The summed E-state index contributed by atoms with van der Waals surface area (Å²) in [5, 5.41) is 11.3. The quantitative estimate of drug-likeness (QED) is 0.363. The normalized spacial score (nSPS) is 11.7. The summed E-state index contributed by atoms with van der Waals surface area (Å²) in [6.45, 7) is 3.98. The molecule has 0 aliphatic carbocycles. The van der Waals surface area contributed by atoms with Gasteiger partial charge in [0.2, 0.25) is 0 Å². The second-order valence-corrected chi connectivity index (χ2v) is 4.30. The number of halogens is 1. The molecule has 1 heterocycles. The highest BCUT2D eigenvalue weighted by Crippen LogP contribution is 2.08. The van der Waals surface area contributed by atoms with E-state index >= 15 is 0 Å². The van der Waals surface area contributed by atoms with Crippen LogP contribution in [0.5, 0.6) is 0 Å². The largest absolute Gasteiger partial charge is 0.409 e. The van der Waals surface area contributed by atoms with Crippen molar-refractivity contribution in [3.05, 3.63) is 29.8 Å². The van der Waals surface area contributed by atoms with Gasteiger partial charge in [-0.2, -0.15) is 0 Å². The van der Waals surface area contributed by atoms with Gasteiger partial charge in [-0.05, 0) is 26.0 Å². The van der Waals surface area contributed by atoms with Crippen LogP contribution in [0.1, 0.15) is 30.8 Å². The van der Waals surface area contributed by atoms with Gasteiger partial charge >= 0.3 is 0 Å². The molecule has 0 aliphatic rings. The first-order chi connectivity index (χ1) is 8.95. The fourth-order valence-electron chi connectivity index (χ4n) is 1.53. The molecule has 0 saturated carbocycles. The molecular formula is C12H17FN4O2. The fourth-order valence-corrected chi connectivity index (χ4v) is 1.53. The van der Waals surface area contributed by atoms with E-state index in [4.69, 9.17) is 10.9 Å². The summed E-state index contributed by atoms with van der Waals surface area (Å²) in [4.78, 5) is 17.5. The van der Waals surface area contributed by atoms with Crippen LogP contribution in [0.25, 0.3) is 0 Å². The maximum Gasteiger partial charge on any atom is 0.272 e. The summed E-state index contributed by atoms with van der Waals surface area (Å²) >= 11 is 0. The monoisotopic (exact) mass is 268 g/mol. The Morgan fingerprint density at radius 1 is 1.58 bits per heavy atom. The van der Waals surface area contributed by atoms with Crippen LogP contribution in [0.2, 0.25) is 0 Å². The van der Waals surface area contributed by atoms with Crippen molar-refractivity contribution in [1.29, 1.82) is 0 Å². The van der Waals surface area contributed by atoms with Crippen molar-refractivity contribution >= 4 is 11.7 Å². The summed E-state index contributed by atoms with van der Waals surface area (Å²) in [6, 6.07) is 2.43. The lowest BCUT2D eigenvalue weighted by Crippen LogP contribution is -2.39. The van der Waals surface area contributed by atoms with E-state index in [1.165, 1.54) is 17.0 Å². The Morgan fingerprint density at radius 2 is 2.26 bits per heavy atom. The number of pyridine rings is 1. The highest BCUT2D eigenvalue weighted by molar-refractivity contribution is 5.92. The van der Waals surface area contributed by atoms with Gasteiger partial charge in [-0.25, -0.2) is 9.37 Å². The third-order valence-corrected chi connectivity index (χ3v) is 2.57. The molecule has 19 heavy (non-hydrogen) atoms. The summed E-state index contributed by atoms with van der Waals surface area (Å²) in [5.41, 5.74) is 5.54. The predicted octanol–water partition coefficient (Wildman–Crippen LogP) is 1.21. The number of aromatic nitrogens is 1. The molecule has 0 aromatic carbocycles. The molecule has 0 aliphatic heterocycles. The number of hydrogen-bond acceptors (Lipinski definition) is 4. The zero-order valence-electron chi connectivity index (χ0n) is 10.9. The maximum atomic E-state index is 12.8. The van der Waals surface area contributed by atoms with Crippen molar-refractivity contribution in [2.75, 3.05) is 6.54 Å². The minimum Gasteiger partial charge on any atom is -0.409 e. The zero-order chi connectivity index (χ0) is 14.4. The molecule has 1 amide bonds. The molecule has 0 spiro atoms. The Labute approximate surface area is 110 Å². The third-order valence-electron chi connectivity index (χ3n) is 2.57. The summed E-state index contributed by atoms with van der Waals surface area (Å²) in [5.74, 6) is -0.768. The van der Waals surface area contributed by atoms with E-state index in [2.05, 4.69) is 10.1 Å². The Balaban J connectivity index is 2.81. The van der Waals surface area contributed by atoms with Gasteiger partial charge in [-0.15, -0.1) is 0 Å². The first-order valence-corrected chi connectivity index (χ1v) is 5.84. The average Bonchev–Trinajstić information content (AvgIpc) is 2.38. The number of oxime groups is 1. The number of nitrogens with two attached hydrogens (primary N) is 1. The topological polar surface area (TPSA) is 91.8 Å². The Morgan fingerprint density at radius 3 is 2.74 bits per heavy atom. The summed E-state index contributed by atoms with van der Waals surface area (Å²) in [6.07, 6.45) is 1.25. The molecule has 1 aromatic rings. The highest BCUT2D eigenvalue weighted by atomic mass is 19.1. The van der Waals surface area contributed by atoms with Crippen LogP contribution in [0.3, 0.4) is 0 Å². The molecule has 0 unspecified atom stereocenters. The molecule has 1 rings (SSSR count). The Hall–Kier alpha value is -2.18. The number of carbonyl (C=O) groups is 1. The second kappa shape index (κ2) is 6.67. The van der Waals surface area contributed by atoms with E-state index in [-0.39, 0.29) is 29.9 Å². The van der Waals surface area contributed by atoms with Gasteiger partial charge in [0.05, 0.1) is 6.20 Å². The van der Waals surface area contributed by atoms with E-state index in [0.717, 1.165) is 6.20 Å². The SMILES string of the molecule is CC(C)N(CC/C(N)=N/O)C(=O)c1ccc(F)cn1. The van der Waals surface area contributed by atoms with E-state index in [1.54, 1.807) is 0 Å². The summed E-state index contributed by atoms with van der Waals surface area (Å²) < 4.78 is 12.8. The molecule has 1 aromatic heterocycles. The first kappa shape index (κ1) is 14.9. The fraction of sp³-hybridized carbons (Fsp3) is 0.417. The molecular weight excluding hydrogens is 251 g/mol. The van der Waals surface area contributed by atoms with Gasteiger partial charge in [-0.1, -0.05) is 5.16 Å². The van der Waals surface area contributed by atoms with Crippen LogP contribution >= 0.6 is 0 Å². The lowest BCUT2D eigenvalue weighted by Gasteiger charge is -2.26. The second-order valence-electron chi connectivity index (χ2n) is 4.30. The molecule has 0 bridgehead atoms. The van der Waals surface area contributed by atoms with E-state index in [9.17, 15) is 9.18 Å². The van der Waals surface area contributed by atoms with Gasteiger partial charge in [0.25, 0.3) is 5.91 Å². The van der Waals surface area contributed by atoms with Gasteiger partial charge in [0.15, 0.2) is 0 Å². The molecule has 6 nitrogen and oxygen atoms in total. The van der Waals surface area contributed by atoms with Crippen LogP contribution in [0.4, 0.5) is 4.39 Å². The molecule has 0 saturated heterocycles. The van der Waals surface area contributed by atoms with E-state index in [0.29, 0.717) is 6.54 Å². The minimum absolute atomic E-state index is 0.0468. The average molecular weight is 268 g/mol. The van der Waals surface area contributed by atoms with Crippen LogP contribution in [-0.4, -0.2) is 39.4 Å². The van der Waals surface area contributed by atoms with Crippen LogP contribution in [-0.2, 0) is 0 Å². The molecule has 7 heteroatoms. The first-order valence-electron chi connectivity index (χ1n) is 5.84. The van der Waals surface area contributed by atoms with Crippen molar-refractivity contribution < 1.29 is 14.4 Å². The van der Waals surface area contributed by atoms with Crippen LogP contribution in [0, 0.1) is 5.82 Å². The number of amides is 1. The lowest BCUT2D eigenvalue weighted by atomic mass is 10.2. The van der Waals surface area contributed by atoms with Crippen molar-refractivity contribution in [3.8, 4) is 0 Å². The smallest absolute Gasteiger partial charge is 0.272 e. The van der Waals surface area contributed by atoms with E-state index in [1.807, 2.05) is 13.8 Å².